The predicted octanol–water partition coefficient (Wildman–Crippen LogP) is 4.71. The van der Waals surface area contributed by atoms with E-state index in [0.29, 0.717) is 38.5 Å². The van der Waals surface area contributed by atoms with Crippen molar-refractivity contribution < 1.29 is 19.4 Å². The van der Waals surface area contributed by atoms with Gasteiger partial charge in [-0.3, -0.25) is 14.2 Å². The molecule has 0 radical (unpaired) electrons. The van der Waals surface area contributed by atoms with E-state index >= 15 is 0 Å². The lowest BCUT2D eigenvalue weighted by atomic mass is 9.98. The number of fused-ring (bicyclic) bond motifs is 1. The van der Waals surface area contributed by atoms with Crippen molar-refractivity contribution in [1.29, 1.82) is 0 Å². The summed E-state index contributed by atoms with van der Waals surface area (Å²) in [5.74, 6) is -1.81. The highest BCUT2D eigenvalue weighted by Gasteiger charge is 2.29. The second-order valence-electron chi connectivity index (χ2n) is 6.07. The molecule has 7 heteroatoms. The van der Waals surface area contributed by atoms with Crippen LogP contribution in [0, 0.1) is 6.92 Å². The van der Waals surface area contributed by atoms with Crippen LogP contribution in [0.2, 0.25) is 5.02 Å². The molecule has 1 aromatic heterocycles. The number of carbonyl (C=O) groups excluding carboxylic acids is 1. The van der Waals surface area contributed by atoms with Gasteiger partial charge in [-0.1, -0.05) is 11.6 Å². The molecular formula is C20H17Cl2NO4. The molecule has 1 unspecified atom stereocenters. The molecule has 1 atom stereocenters. The van der Waals surface area contributed by atoms with Crippen LogP contribution in [-0.2, 0) is 4.79 Å². The summed E-state index contributed by atoms with van der Waals surface area (Å²) in [6.07, 6.45) is 0. The van der Waals surface area contributed by atoms with E-state index in [2.05, 4.69) is 0 Å². The first-order valence-corrected chi connectivity index (χ1v) is 9.08. The highest BCUT2D eigenvalue weighted by atomic mass is 35.5. The average Bonchev–Trinajstić information content (AvgIpc) is 2.93. The van der Waals surface area contributed by atoms with Gasteiger partial charge >= 0.3 is 5.97 Å². The Morgan fingerprint density at radius 3 is 2.41 bits per heavy atom. The van der Waals surface area contributed by atoms with Crippen LogP contribution in [0.1, 0.15) is 27.5 Å². The van der Waals surface area contributed by atoms with E-state index in [1.54, 1.807) is 49.4 Å². The molecule has 2 aromatic carbocycles. The third kappa shape index (κ3) is 3.40. The Bertz CT molecular complexity index is 1020. The van der Waals surface area contributed by atoms with Gasteiger partial charge in [0.2, 0.25) is 0 Å². The van der Waals surface area contributed by atoms with E-state index in [0.717, 1.165) is 0 Å². The number of alkyl halides is 1. The Balaban J connectivity index is 2.29. The summed E-state index contributed by atoms with van der Waals surface area (Å²) >= 11 is 11.9. The molecule has 1 heterocycles. The average molecular weight is 406 g/mol. The Kier molecular flexibility index (Phi) is 5.44. The normalized spacial score (nSPS) is 12.1. The van der Waals surface area contributed by atoms with E-state index in [1.807, 2.05) is 0 Å². The quantitative estimate of drug-likeness (QED) is 0.624. The Morgan fingerprint density at radius 1 is 1.19 bits per heavy atom. The number of halogens is 2. The first-order chi connectivity index (χ1) is 12.9. The number of nitrogens with zero attached hydrogens (tertiary/aromatic N) is 1. The molecule has 0 saturated carbocycles. The molecular weight excluding hydrogens is 389 g/mol. The van der Waals surface area contributed by atoms with Gasteiger partial charge in [0.05, 0.1) is 18.5 Å². The molecule has 27 heavy (non-hydrogen) atoms. The van der Waals surface area contributed by atoms with Crippen molar-refractivity contribution in [2.75, 3.05) is 13.0 Å². The number of aliphatic carboxylic acids is 1. The zero-order chi connectivity index (χ0) is 19.7. The molecule has 0 aliphatic heterocycles. The molecule has 0 amide bonds. The third-order valence-electron chi connectivity index (χ3n) is 4.56. The maximum Gasteiger partial charge on any atom is 0.312 e. The minimum atomic E-state index is -1.05. The lowest BCUT2D eigenvalue weighted by Gasteiger charge is -2.11. The standard InChI is InChI=1S/C20H17Cl2NO4/c1-11-18(16(10-21)20(25)26)15-9-14(27-2)7-8-17(15)23(11)19(24)12-3-5-13(22)6-4-12/h3-9,16H,10H2,1-2H3,(H,25,26). The number of hydrogen-bond donors (Lipinski definition) is 1. The van der Waals surface area contributed by atoms with Gasteiger partial charge in [0.25, 0.3) is 5.91 Å². The van der Waals surface area contributed by atoms with Crippen LogP contribution >= 0.6 is 23.2 Å². The zero-order valence-corrected chi connectivity index (χ0v) is 16.2. The fourth-order valence-electron chi connectivity index (χ4n) is 3.24. The lowest BCUT2D eigenvalue weighted by Crippen LogP contribution is -2.17. The van der Waals surface area contributed by atoms with Gasteiger partial charge in [-0.2, -0.15) is 0 Å². The number of aromatic nitrogens is 1. The summed E-state index contributed by atoms with van der Waals surface area (Å²) in [6.45, 7) is 1.72. The fourth-order valence-corrected chi connectivity index (χ4v) is 3.65. The van der Waals surface area contributed by atoms with Crippen molar-refractivity contribution in [3.05, 3.63) is 64.3 Å². The van der Waals surface area contributed by atoms with Gasteiger partial charge in [-0.15, -0.1) is 11.6 Å². The number of carboxylic acids is 1. The van der Waals surface area contributed by atoms with E-state index in [4.69, 9.17) is 27.9 Å². The minimum Gasteiger partial charge on any atom is -0.497 e. The van der Waals surface area contributed by atoms with Gasteiger partial charge in [0.1, 0.15) is 5.75 Å². The van der Waals surface area contributed by atoms with Gasteiger partial charge in [-0.25, -0.2) is 0 Å². The van der Waals surface area contributed by atoms with Gasteiger partial charge in [0.15, 0.2) is 0 Å². The first kappa shape index (κ1) is 19.3. The number of carboxylic acid groups (broad SMARTS) is 1. The van der Waals surface area contributed by atoms with Crippen molar-refractivity contribution >= 4 is 46.0 Å². The Hall–Kier alpha value is -2.50. The second kappa shape index (κ2) is 7.62. The summed E-state index contributed by atoms with van der Waals surface area (Å²) in [4.78, 5) is 24.9. The molecule has 0 saturated heterocycles. The van der Waals surface area contributed by atoms with Gasteiger partial charge in [-0.05, 0) is 55.0 Å². The molecule has 3 rings (SSSR count). The molecule has 0 aliphatic carbocycles. The molecule has 140 valence electrons. The Labute approximate surface area is 166 Å². The van der Waals surface area contributed by atoms with Crippen molar-refractivity contribution in [3.63, 3.8) is 0 Å². The van der Waals surface area contributed by atoms with Crippen molar-refractivity contribution in [2.24, 2.45) is 0 Å². The van der Waals surface area contributed by atoms with E-state index in [1.165, 1.54) is 11.7 Å². The monoisotopic (exact) mass is 405 g/mol. The van der Waals surface area contributed by atoms with Crippen LogP contribution in [0.25, 0.3) is 10.9 Å². The summed E-state index contributed by atoms with van der Waals surface area (Å²) in [5, 5.41) is 10.8. The van der Waals surface area contributed by atoms with E-state index < -0.39 is 11.9 Å². The number of methoxy groups -OCH3 is 1. The number of ether oxygens (including phenoxy) is 1. The van der Waals surface area contributed by atoms with E-state index in [-0.39, 0.29) is 11.8 Å². The molecule has 3 aromatic rings. The molecule has 0 spiro atoms. The molecule has 0 aliphatic rings. The van der Waals surface area contributed by atoms with Crippen LogP contribution in [0.3, 0.4) is 0 Å². The van der Waals surface area contributed by atoms with Gasteiger partial charge in [0, 0.05) is 27.5 Å². The highest BCUT2D eigenvalue weighted by molar-refractivity contribution is 6.30. The summed E-state index contributed by atoms with van der Waals surface area (Å²) in [7, 11) is 1.53. The summed E-state index contributed by atoms with van der Waals surface area (Å²) in [6, 6.07) is 11.7. The van der Waals surface area contributed by atoms with Crippen LogP contribution in [0.15, 0.2) is 42.5 Å². The van der Waals surface area contributed by atoms with E-state index in [9.17, 15) is 14.7 Å². The van der Waals surface area contributed by atoms with Crippen molar-refractivity contribution in [3.8, 4) is 5.75 Å². The van der Waals surface area contributed by atoms with Crippen LogP contribution in [-0.4, -0.2) is 34.5 Å². The van der Waals surface area contributed by atoms with Crippen LogP contribution in [0.4, 0.5) is 0 Å². The maximum absolute atomic E-state index is 13.1. The van der Waals surface area contributed by atoms with Crippen LogP contribution in [0.5, 0.6) is 5.75 Å². The molecule has 1 N–H and O–H groups in total. The van der Waals surface area contributed by atoms with Crippen LogP contribution < -0.4 is 4.74 Å². The predicted molar refractivity (Wildman–Crippen MR) is 106 cm³/mol. The summed E-state index contributed by atoms with van der Waals surface area (Å²) < 4.78 is 6.78. The fraction of sp³-hybridized carbons (Fsp3) is 0.200. The van der Waals surface area contributed by atoms with Crippen molar-refractivity contribution in [2.45, 2.75) is 12.8 Å². The smallest absolute Gasteiger partial charge is 0.312 e. The number of carbonyl (C=O) groups is 2. The number of benzene rings is 2. The highest BCUT2D eigenvalue weighted by Crippen LogP contribution is 2.35. The molecule has 0 fully saturated rings. The third-order valence-corrected chi connectivity index (χ3v) is 5.12. The largest absolute Gasteiger partial charge is 0.497 e. The molecule has 0 bridgehead atoms. The molecule has 5 nitrogen and oxygen atoms in total. The van der Waals surface area contributed by atoms with Gasteiger partial charge < -0.3 is 9.84 Å². The SMILES string of the molecule is COc1ccc2c(c1)c(C(CCl)C(=O)O)c(C)n2C(=O)c1ccc(Cl)cc1. The minimum absolute atomic E-state index is 0.109. The Morgan fingerprint density at radius 2 is 1.85 bits per heavy atom. The lowest BCUT2D eigenvalue weighted by molar-refractivity contribution is -0.138. The van der Waals surface area contributed by atoms with Crippen molar-refractivity contribution in [1.82, 2.24) is 4.57 Å². The second-order valence-corrected chi connectivity index (χ2v) is 6.82. The zero-order valence-electron chi connectivity index (χ0n) is 14.7. The topological polar surface area (TPSA) is 68.5 Å². The number of hydrogen-bond acceptors (Lipinski definition) is 3. The number of rotatable bonds is 5. The summed E-state index contributed by atoms with van der Waals surface area (Å²) in [5.41, 5.74) is 2.08. The first-order valence-electron chi connectivity index (χ1n) is 8.17. The maximum atomic E-state index is 13.1.